The summed E-state index contributed by atoms with van der Waals surface area (Å²) < 4.78 is 7.75. The Labute approximate surface area is 195 Å². The maximum Gasteiger partial charge on any atom is 0.216 e. The van der Waals surface area contributed by atoms with Crippen molar-refractivity contribution in [1.29, 1.82) is 0 Å². The number of rotatable bonds is 7. The smallest absolute Gasteiger partial charge is 0.216 e. The summed E-state index contributed by atoms with van der Waals surface area (Å²) in [5.41, 5.74) is 3.34. The van der Waals surface area contributed by atoms with Crippen LogP contribution in [0.1, 0.15) is 43.8 Å². The SMILES string of the molecule is CCNC(=NCc1ncc(-c2ccccc2)o1)N(C)Cc1cn(C)nc1C(C)C.I. The van der Waals surface area contributed by atoms with Crippen molar-refractivity contribution >= 4 is 29.9 Å². The molecule has 0 aliphatic carbocycles. The topological polar surface area (TPSA) is 71.5 Å². The summed E-state index contributed by atoms with van der Waals surface area (Å²) in [6, 6.07) is 9.96. The minimum atomic E-state index is 0. The van der Waals surface area contributed by atoms with Gasteiger partial charge in [-0.3, -0.25) is 4.68 Å². The van der Waals surface area contributed by atoms with Crippen LogP contribution in [0.5, 0.6) is 0 Å². The molecule has 0 radical (unpaired) electrons. The number of nitrogens with zero attached hydrogens (tertiary/aromatic N) is 5. The van der Waals surface area contributed by atoms with Gasteiger partial charge in [-0.15, -0.1) is 24.0 Å². The zero-order valence-corrected chi connectivity index (χ0v) is 20.6. The van der Waals surface area contributed by atoms with E-state index in [1.54, 1.807) is 6.20 Å². The number of hydrogen-bond acceptors (Lipinski definition) is 4. The lowest BCUT2D eigenvalue weighted by Gasteiger charge is -2.22. The van der Waals surface area contributed by atoms with Crippen molar-refractivity contribution in [2.75, 3.05) is 13.6 Å². The molecule has 3 aromatic rings. The zero-order chi connectivity index (χ0) is 20.8. The monoisotopic (exact) mass is 522 g/mol. The van der Waals surface area contributed by atoms with Crippen LogP contribution in [-0.4, -0.2) is 39.2 Å². The van der Waals surface area contributed by atoms with Gasteiger partial charge in [0.15, 0.2) is 11.7 Å². The Kier molecular flexibility index (Phi) is 8.88. The molecule has 1 N–H and O–H groups in total. The highest BCUT2D eigenvalue weighted by Gasteiger charge is 2.15. The number of aryl methyl sites for hydroxylation is 1. The van der Waals surface area contributed by atoms with Gasteiger partial charge in [0.1, 0.15) is 6.54 Å². The molecule has 7 nitrogen and oxygen atoms in total. The second kappa shape index (κ2) is 11.1. The molecule has 0 spiro atoms. The summed E-state index contributed by atoms with van der Waals surface area (Å²) >= 11 is 0. The molecule has 0 unspecified atom stereocenters. The summed E-state index contributed by atoms with van der Waals surface area (Å²) in [6.45, 7) is 8.29. The fourth-order valence-corrected chi connectivity index (χ4v) is 3.22. The van der Waals surface area contributed by atoms with Crippen molar-refractivity contribution in [2.24, 2.45) is 12.0 Å². The Morgan fingerprint density at radius 3 is 2.67 bits per heavy atom. The Morgan fingerprint density at radius 1 is 1.27 bits per heavy atom. The maximum absolute atomic E-state index is 5.87. The van der Waals surface area contributed by atoms with E-state index in [0.29, 0.717) is 18.4 Å². The van der Waals surface area contributed by atoms with Gasteiger partial charge < -0.3 is 14.6 Å². The average Bonchev–Trinajstić information content (AvgIpc) is 3.32. The minimum absolute atomic E-state index is 0. The quantitative estimate of drug-likeness (QED) is 0.283. The van der Waals surface area contributed by atoms with Crippen LogP contribution in [0, 0.1) is 0 Å². The van der Waals surface area contributed by atoms with Crippen molar-refractivity contribution in [1.82, 2.24) is 25.0 Å². The van der Waals surface area contributed by atoms with Crippen molar-refractivity contribution in [2.45, 2.75) is 39.8 Å². The van der Waals surface area contributed by atoms with Crippen LogP contribution >= 0.6 is 24.0 Å². The van der Waals surface area contributed by atoms with Crippen LogP contribution in [0.3, 0.4) is 0 Å². The number of benzene rings is 1. The molecule has 3 rings (SSSR count). The fraction of sp³-hybridized carbons (Fsp3) is 0.409. The number of guanidine groups is 1. The van der Waals surface area contributed by atoms with Gasteiger partial charge in [0.25, 0.3) is 0 Å². The number of oxazole rings is 1. The fourth-order valence-electron chi connectivity index (χ4n) is 3.22. The summed E-state index contributed by atoms with van der Waals surface area (Å²) in [6.07, 6.45) is 3.83. The number of halogens is 1. The highest BCUT2D eigenvalue weighted by Crippen LogP contribution is 2.21. The molecule has 0 saturated carbocycles. The number of aromatic nitrogens is 3. The normalized spacial score (nSPS) is 11.5. The predicted molar refractivity (Wildman–Crippen MR) is 131 cm³/mol. The number of hydrogen-bond donors (Lipinski definition) is 1. The molecule has 0 aliphatic rings. The summed E-state index contributed by atoms with van der Waals surface area (Å²) in [7, 11) is 3.99. The van der Waals surface area contributed by atoms with E-state index in [9.17, 15) is 0 Å². The van der Waals surface area contributed by atoms with E-state index in [0.717, 1.165) is 36.1 Å². The van der Waals surface area contributed by atoms with Gasteiger partial charge in [0.2, 0.25) is 5.89 Å². The van der Waals surface area contributed by atoms with Gasteiger partial charge in [-0.25, -0.2) is 9.98 Å². The van der Waals surface area contributed by atoms with E-state index in [1.165, 1.54) is 5.56 Å². The first-order valence-corrected chi connectivity index (χ1v) is 10.00. The molecule has 0 atom stereocenters. The third-order valence-electron chi connectivity index (χ3n) is 4.56. The van der Waals surface area contributed by atoms with E-state index < -0.39 is 0 Å². The molecule has 162 valence electrons. The first kappa shape index (κ1) is 23.9. The first-order chi connectivity index (χ1) is 14.0. The Balaban J connectivity index is 0.00000320. The standard InChI is InChI=1S/C22H30N6O.HI/c1-6-23-22(27(4)14-18-15-28(5)26-21(18)16(2)3)25-13-20-24-12-19(29-20)17-10-8-7-9-11-17;/h7-12,15-16H,6,13-14H2,1-5H3,(H,23,25);1H. The number of aliphatic imine (C=N–C) groups is 1. The second-order valence-corrected chi connectivity index (χ2v) is 7.38. The van der Waals surface area contributed by atoms with Crippen LogP contribution in [0.15, 0.2) is 52.1 Å². The lowest BCUT2D eigenvalue weighted by molar-refractivity contribution is 0.466. The summed E-state index contributed by atoms with van der Waals surface area (Å²) in [5, 5.41) is 7.94. The average molecular weight is 522 g/mol. The molecular formula is C22H31IN6O. The second-order valence-electron chi connectivity index (χ2n) is 7.38. The largest absolute Gasteiger partial charge is 0.439 e. The van der Waals surface area contributed by atoms with Crippen molar-refractivity contribution in [3.63, 3.8) is 0 Å². The van der Waals surface area contributed by atoms with Crippen LogP contribution in [0.4, 0.5) is 0 Å². The highest BCUT2D eigenvalue weighted by molar-refractivity contribution is 14.0. The predicted octanol–water partition coefficient (Wildman–Crippen LogP) is 4.41. The van der Waals surface area contributed by atoms with E-state index in [2.05, 4.69) is 47.3 Å². The van der Waals surface area contributed by atoms with Gasteiger partial charge >= 0.3 is 0 Å². The lowest BCUT2D eigenvalue weighted by Crippen LogP contribution is -2.38. The van der Waals surface area contributed by atoms with Crippen molar-refractivity contribution in [3.8, 4) is 11.3 Å². The van der Waals surface area contributed by atoms with Gasteiger partial charge in [0.05, 0.1) is 11.9 Å². The van der Waals surface area contributed by atoms with Gasteiger partial charge in [-0.1, -0.05) is 44.2 Å². The van der Waals surface area contributed by atoms with E-state index >= 15 is 0 Å². The van der Waals surface area contributed by atoms with E-state index in [1.807, 2.05) is 49.1 Å². The molecule has 0 saturated heterocycles. The molecule has 30 heavy (non-hydrogen) atoms. The summed E-state index contributed by atoms with van der Waals surface area (Å²) in [5.74, 6) is 2.54. The lowest BCUT2D eigenvalue weighted by atomic mass is 10.1. The first-order valence-electron chi connectivity index (χ1n) is 10.00. The van der Waals surface area contributed by atoms with Gasteiger partial charge in [0, 0.05) is 44.5 Å². The molecule has 0 amide bonds. The van der Waals surface area contributed by atoms with Crippen LogP contribution < -0.4 is 5.32 Å². The van der Waals surface area contributed by atoms with E-state index in [-0.39, 0.29) is 24.0 Å². The Bertz CT molecular complexity index is 948. The van der Waals surface area contributed by atoms with Gasteiger partial charge in [-0.2, -0.15) is 5.10 Å². The zero-order valence-electron chi connectivity index (χ0n) is 18.3. The molecule has 0 aliphatic heterocycles. The van der Waals surface area contributed by atoms with Crippen LogP contribution in [-0.2, 0) is 20.1 Å². The highest BCUT2D eigenvalue weighted by atomic mass is 127. The molecular weight excluding hydrogens is 491 g/mol. The van der Waals surface area contributed by atoms with Gasteiger partial charge in [-0.05, 0) is 12.8 Å². The molecule has 1 aromatic carbocycles. The minimum Gasteiger partial charge on any atom is -0.439 e. The Hall–Kier alpha value is -2.36. The molecule has 0 fully saturated rings. The maximum atomic E-state index is 5.87. The summed E-state index contributed by atoms with van der Waals surface area (Å²) in [4.78, 5) is 11.2. The third kappa shape index (κ3) is 6.07. The van der Waals surface area contributed by atoms with Crippen LogP contribution in [0.25, 0.3) is 11.3 Å². The Morgan fingerprint density at radius 2 is 2.00 bits per heavy atom. The van der Waals surface area contributed by atoms with E-state index in [4.69, 9.17) is 9.41 Å². The van der Waals surface area contributed by atoms with Crippen LogP contribution in [0.2, 0.25) is 0 Å². The molecule has 2 heterocycles. The molecule has 0 bridgehead atoms. The third-order valence-corrected chi connectivity index (χ3v) is 4.56. The number of nitrogens with one attached hydrogen (secondary N) is 1. The van der Waals surface area contributed by atoms with Crippen molar-refractivity contribution in [3.05, 3.63) is 59.9 Å². The van der Waals surface area contributed by atoms with Crippen molar-refractivity contribution < 1.29 is 4.42 Å². The molecule has 8 heteroatoms. The molecule has 2 aromatic heterocycles.